The van der Waals surface area contributed by atoms with Crippen LogP contribution in [0.1, 0.15) is 36.4 Å². The van der Waals surface area contributed by atoms with Gasteiger partial charge in [-0.15, -0.1) is 0 Å². The van der Waals surface area contributed by atoms with Crippen molar-refractivity contribution < 1.29 is 55.6 Å². The molecule has 11 heteroatoms. The molecule has 4 rings (SSSR count). The zero-order valence-electron chi connectivity index (χ0n) is 17.3. The quantitative estimate of drug-likeness (QED) is 0.404. The number of nitrogens with zero attached hydrogens (tertiary/aromatic N) is 2. The Kier molecular flexibility index (Phi) is 5.49. The molecule has 152 valence electrons. The van der Waals surface area contributed by atoms with E-state index in [-0.39, 0.29) is 46.5 Å². The molecule has 1 aromatic heterocycles. The summed E-state index contributed by atoms with van der Waals surface area (Å²) in [5.41, 5.74) is 8.42. The molecule has 0 saturated heterocycles. The van der Waals surface area contributed by atoms with Crippen LogP contribution in [0.5, 0.6) is 0 Å². The molecule has 0 spiro atoms. The normalized spacial score (nSPS) is 17.8. The van der Waals surface area contributed by atoms with Gasteiger partial charge in [0.1, 0.15) is 20.7 Å². The third-order valence-electron chi connectivity index (χ3n) is 5.59. The summed E-state index contributed by atoms with van der Waals surface area (Å²) in [6.07, 6.45) is 0. The van der Waals surface area contributed by atoms with Crippen molar-refractivity contribution in [3.05, 3.63) is 69.0 Å². The smallest absolute Gasteiger partial charge is 0.744 e. The van der Waals surface area contributed by atoms with E-state index in [1.165, 1.54) is 13.8 Å². The van der Waals surface area contributed by atoms with Crippen LogP contribution >= 0.6 is 0 Å². The fourth-order valence-corrected chi connectivity index (χ4v) is 5.52. The predicted octanol–water partition coefficient (Wildman–Crippen LogP) is -0.00696. The molecule has 0 bridgehead atoms. The second-order valence-corrected chi connectivity index (χ2v) is 8.80. The number of benzene rings is 1. The SMILES string of the molecule is CC1=C(S(=O)(=O)[O-])C(C)=[N+]2C1=C(c1ccc(N)cc1)c1c(C)cc(C)n1[B-]2(F)F.[Na+]. The molecule has 0 aliphatic carbocycles. The van der Waals surface area contributed by atoms with Gasteiger partial charge in [-0.2, -0.15) is 0 Å². The predicted molar refractivity (Wildman–Crippen MR) is 107 cm³/mol. The van der Waals surface area contributed by atoms with Crippen LogP contribution in [0.25, 0.3) is 5.57 Å². The molecule has 0 atom stereocenters. The van der Waals surface area contributed by atoms with Crippen molar-refractivity contribution in [3.63, 3.8) is 0 Å². The number of hydrogen-bond acceptors (Lipinski definition) is 4. The summed E-state index contributed by atoms with van der Waals surface area (Å²) in [4.78, 5) is -0.594. The molecule has 1 aromatic carbocycles. The van der Waals surface area contributed by atoms with Crippen LogP contribution in [0.15, 0.2) is 46.5 Å². The van der Waals surface area contributed by atoms with Gasteiger partial charge in [0, 0.05) is 23.9 Å². The summed E-state index contributed by atoms with van der Waals surface area (Å²) in [7, 11) is -4.95. The van der Waals surface area contributed by atoms with Crippen LogP contribution in [0.2, 0.25) is 0 Å². The van der Waals surface area contributed by atoms with Gasteiger partial charge in [-0.05, 0) is 55.8 Å². The third-order valence-corrected chi connectivity index (χ3v) is 6.69. The zero-order valence-corrected chi connectivity index (χ0v) is 20.1. The van der Waals surface area contributed by atoms with Gasteiger partial charge >= 0.3 is 36.5 Å². The van der Waals surface area contributed by atoms with E-state index in [0.29, 0.717) is 38.3 Å². The molecule has 0 radical (unpaired) electrons. The summed E-state index contributed by atoms with van der Waals surface area (Å²) in [5, 5.41) is 0. The number of aromatic nitrogens is 1. The molecule has 0 unspecified atom stereocenters. The monoisotopic (exact) mass is 441 g/mol. The Labute approximate surface area is 195 Å². The van der Waals surface area contributed by atoms with Crippen LogP contribution in [0.3, 0.4) is 0 Å². The second kappa shape index (κ2) is 7.17. The minimum Gasteiger partial charge on any atom is -0.744 e. The minimum absolute atomic E-state index is 0. The van der Waals surface area contributed by atoms with Crippen LogP contribution in [-0.2, 0) is 10.1 Å². The number of nitrogens with two attached hydrogens (primary N) is 1. The maximum Gasteiger partial charge on any atom is 1.00 e. The molecule has 0 amide bonds. The zero-order chi connectivity index (χ0) is 21.5. The summed E-state index contributed by atoms with van der Waals surface area (Å²) >= 11 is 0. The molecular formula is C19H19BF2N3NaO3S. The standard InChI is InChI=1S/C19H20BF2N3O3S.Na/c1-10-9-11(2)24-17(10)16(14-5-7-15(23)8-6-14)18-12(3)19(29(26,27)28)13(4)25(18)20(24,21)22;/h5-9H,23H2,1-4H3,(H,26,27,28);/q;+1/p-1. The third kappa shape index (κ3) is 3.05. The van der Waals surface area contributed by atoms with E-state index in [9.17, 15) is 13.0 Å². The fraction of sp³-hybridized carbons (Fsp3) is 0.211. The van der Waals surface area contributed by atoms with E-state index < -0.39 is 22.0 Å². The van der Waals surface area contributed by atoms with Crippen LogP contribution in [0.4, 0.5) is 14.3 Å². The Morgan fingerprint density at radius 1 is 1.10 bits per heavy atom. The largest absolute Gasteiger partial charge is 1.00 e. The van der Waals surface area contributed by atoms with E-state index in [1.807, 2.05) is 0 Å². The van der Waals surface area contributed by atoms with Gasteiger partial charge in [-0.1, -0.05) is 12.1 Å². The van der Waals surface area contributed by atoms with Crippen molar-refractivity contribution in [2.75, 3.05) is 5.73 Å². The maximum atomic E-state index is 15.7. The molecular weight excluding hydrogens is 422 g/mol. The number of nitrogen functional groups attached to an aromatic ring is 1. The van der Waals surface area contributed by atoms with Crippen molar-refractivity contribution in [1.29, 1.82) is 0 Å². The van der Waals surface area contributed by atoms with Gasteiger partial charge in [0.25, 0.3) is 0 Å². The molecule has 2 aliphatic rings. The van der Waals surface area contributed by atoms with Gasteiger partial charge in [-0.3, -0.25) is 0 Å². The van der Waals surface area contributed by atoms with Crippen molar-refractivity contribution in [3.8, 4) is 0 Å². The molecule has 3 heterocycles. The Morgan fingerprint density at radius 3 is 2.20 bits per heavy atom. The first-order valence-electron chi connectivity index (χ1n) is 8.99. The number of hydrogen-bond donors (Lipinski definition) is 1. The van der Waals surface area contributed by atoms with Crippen LogP contribution in [0, 0.1) is 13.8 Å². The van der Waals surface area contributed by atoms with E-state index in [1.54, 1.807) is 44.2 Å². The number of fused-ring (bicyclic) bond motifs is 2. The Morgan fingerprint density at radius 2 is 1.67 bits per heavy atom. The van der Waals surface area contributed by atoms with E-state index in [4.69, 9.17) is 5.73 Å². The van der Waals surface area contributed by atoms with E-state index in [0.717, 1.165) is 4.48 Å². The van der Waals surface area contributed by atoms with Gasteiger partial charge in [-0.25, -0.2) is 8.42 Å². The van der Waals surface area contributed by atoms with Crippen LogP contribution in [-0.4, -0.2) is 34.6 Å². The van der Waals surface area contributed by atoms with Crippen molar-refractivity contribution in [1.82, 2.24) is 4.48 Å². The number of aryl methyl sites for hydroxylation is 2. The minimum atomic E-state index is -4.95. The number of rotatable bonds is 2. The Hall–Kier alpha value is -1.72. The van der Waals surface area contributed by atoms with E-state index >= 15 is 8.63 Å². The van der Waals surface area contributed by atoms with Gasteiger partial charge < -0.3 is 27.9 Å². The number of allylic oxidation sites excluding steroid dienone is 2. The summed E-state index contributed by atoms with van der Waals surface area (Å²) < 4.78 is 68.8. The molecule has 2 aromatic rings. The summed E-state index contributed by atoms with van der Waals surface area (Å²) in [5.74, 6) is 0. The first-order chi connectivity index (χ1) is 13.4. The molecule has 0 saturated carbocycles. The van der Waals surface area contributed by atoms with Crippen molar-refractivity contribution in [2.45, 2.75) is 27.7 Å². The topological polar surface area (TPSA) is 91.2 Å². The Bertz CT molecular complexity index is 1290. The average Bonchev–Trinajstić information content (AvgIpc) is 3.03. The van der Waals surface area contributed by atoms with E-state index in [2.05, 4.69) is 0 Å². The molecule has 6 nitrogen and oxygen atoms in total. The molecule has 0 fully saturated rings. The number of halogens is 2. The van der Waals surface area contributed by atoms with Crippen molar-refractivity contribution >= 4 is 34.1 Å². The Balaban J connectivity index is 0.00000256. The first-order valence-corrected chi connectivity index (χ1v) is 10.4. The van der Waals surface area contributed by atoms with Crippen LogP contribution < -0.4 is 35.3 Å². The molecule has 2 aliphatic heterocycles. The summed E-state index contributed by atoms with van der Waals surface area (Å²) in [6, 6.07) is 8.37. The van der Waals surface area contributed by atoms with Crippen molar-refractivity contribution in [2.24, 2.45) is 0 Å². The molecule has 2 N–H and O–H groups in total. The number of anilines is 1. The van der Waals surface area contributed by atoms with Gasteiger partial charge in [0.05, 0.1) is 5.57 Å². The van der Waals surface area contributed by atoms with Gasteiger partial charge in [0.15, 0.2) is 5.70 Å². The van der Waals surface area contributed by atoms with Gasteiger partial charge in [0.2, 0.25) is 0 Å². The fourth-order valence-electron chi connectivity index (χ4n) is 4.59. The molecule has 30 heavy (non-hydrogen) atoms. The maximum absolute atomic E-state index is 15.7. The average molecular weight is 441 g/mol. The first kappa shape index (κ1) is 23.0. The summed E-state index contributed by atoms with van der Waals surface area (Å²) in [6.45, 7) is 1.55. The second-order valence-electron chi connectivity index (χ2n) is 7.48.